The number of piperidine rings is 4. The number of hydrogen-bond acceptors (Lipinski definition) is 3. The Bertz CT molecular complexity index is 694. The summed E-state index contributed by atoms with van der Waals surface area (Å²) < 4.78 is 0. The molecule has 4 saturated heterocycles. The number of aliphatic hydroxyl groups excluding tert-OH is 2. The number of quaternary nitrogens is 1. The molecule has 7 rings (SSSR count). The van der Waals surface area contributed by atoms with E-state index in [0.717, 1.165) is 19.3 Å². The highest BCUT2D eigenvalue weighted by Gasteiger charge is 2.78. The van der Waals surface area contributed by atoms with Crippen LogP contribution in [0.2, 0.25) is 0 Å². The van der Waals surface area contributed by atoms with Crippen LogP contribution < -0.4 is 10.2 Å². The molecule has 4 heteroatoms. The molecule has 1 saturated carbocycles. The van der Waals surface area contributed by atoms with Gasteiger partial charge in [0.1, 0.15) is 6.04 Å². The molecule has 5 aliphatic heterocycles. The number of benzene rings is 1. The molecule has 0 aromatic heterocycles. The number of anilines is 1. The lowest BCUT2D eigenvalue weighted by Crippen LogP contribution is -3.28. The number of aliphatic hydroxyl groups is 2. The summed E-state index contributed by atoms with van der Waals surface area (Å²) in [5.41, 5.74) is 2.43. The third-order valence-corrected chi connectivity index (χ3v) is 8.26. The summed E-state index contributed by atoms with van der Waals surface area (Å²) in [5.74, 6) is 1.23. The molecule has 10 atom stereocenters. The van der Waals surface area contributed by atoms with Gasteiger partial charge in [-0.3, -0.25) is 0 Å². The van der Waals surface area contributed by atoms with Crippen molar-refractivity contribution < 1.29 is 15.1 Å². The second kappa shape index (κ2) is 3.93. The van der Waals surface area contributed by atoms with E-state index in [0.29, 0.717) is 29.8 Å². The van der Waals surface area contributed by atoms with Gasteiger partial charge in [0.15, 0.2) is 6.23 Å². The van der Waals surface area contributed by atoms with Crippen LogP contribution in [0.3, 0.4) is 0 Å². The minimum absolute atomic E-state index is 0.114. The number of nitrogens with one attached hydrogen (secondary N) is 2. The molecule has 2 unspecified atom stereocenters. The topological polar surface area (TPSA) is 56.9 Å². The van der Waals surface area contributed by atoms with E-state index in [9.17, 15) is 10.2 Å². The fraction of sp³-hybridized carbons (Fsp3) is 0.684. The zero-order valence-corrected chi connectivity index (χ0v) is 13.4. The second-order valence-corrected chi connectivity index (χ2v) is 8.56. The first-order valence-electron chi connectivity index (χ1n) is 9.27. The van der Waals surface area contributed by atoms with Crippen LogP contribution in [0, 0.1) is 17.8 Å². The van der Waals surface area contributed by atoms with E-state index in [-0.39, 0.29) is 23.8 Å². The van der Waals surface area contributed by atoms with E-state index < -0.39 is 0 Å². The third-order valence-electron chi connectivity index (χ3n) is 8.26. The predicted octanol–water partition coefficient (Wildman–Crippen LogP) is 0.113. The summed E-state index contributed by atoms with van der Waals surface area (Å²) in [6.07, 6.45) is 2.72. The average Bonchev–Trinajstić information content (AvgIpc) is 3.02. The molecule has 1 aromatic carbocycles. The Labute approximate surface area is 136 Å². The molecule has 1 aromatic rings. The normalized spacial score (nSPS) is 57.3. The first-order valence-corrected chi connectivity index (χ1v) is 9.27. The van der Waals surface area contributed by atoms with Crippen LogP contribution in [0.5, 0.6) is 0 Å². The van der Waals surface area contributed by atoms with Gasteiger partial charge in [-0.1, -0.05) is 25.1 Å². The maximum absolute atomic E-state index is 11.5. The monoisotopic (exact) mass is 313 g/mol. The molecule has 1 spiro atoms. The quantitative estimate of drug-likeness (QED) is 0.595. The van der Waals surface area contributed by atoms with Gasteiger partial charge in [0.25, 0.3) is 0 Å². The summed E-state index contributed by atoms with van der Waals surface area (Å²) in [7, 11) is 0. The highest BCUT2D eigenvalue weighted by atomic mass is 16.3. The maximum Gasteiger partial charge on any atom is 0.192 e. The second-order valence-electron chi connectivity index (χ2n) is 8.56. The van der Waals surface area contributed by atoms with Gasteiger partial charge in [0.05, 0.1) is 23.6 Å². The van der Waals surface area contributed by atoms with Crippen molar-refractivity contribution in [2.45, 2.75) is 62.1 Å². The van der Waals surface area contributed by atoms with Crippen molar-refractivity contribution in [3.8, 4) is 0 Å². The van der Waals surface area contributed by atoms with E-state index in [1.54, 1.807) is 0 Å². The number of para-hydroxylation sites is 1. The third kappa shape index (κ3) is 1.20. The van der Waals surface area contributed by atoms with E-state index in [1.165, 1.54) is 16.2 Å². The Morgan fingerprint density at radius 1 is 1.26 bits per heavy atom. The molecule has 5 heterocycles. The zero-order valence-electron chi connectivity index (χ0n) is 13.4. The van der Waals surface area contributed by atoms with Crippen LogP contribution in [-0.2, 0) is 5.41 Å². The number of fused-ring (bicyclic) bond motifs is 2. The van der Waals surface area contributed by atoms with Crippen molar-refractivity contribution in [3.05, 3.63) is 29.8 Å². The van der Waals surface area contributed by atoms with Crippen LogP contribution in [0.1, 0.15) is 31.7 Å². The van der Waals surface area contributed by atoms with Gasteiger partial charge in [0.2, 0.25) is 0 Å². The molecular weight excluding hydrogens is 288 g/mol. The lowest BCUT2D eigenvalue weighted by molar-refractivity contribution is -1.02. The first-order chi connectivity index (χ1) is 11.2. The van der Waals surface area contributed by atoms with E-state index in [2.05, 4.69) is 36.5 Å². The van der Waals surface area contributed by atoms with Crippen LogP contribution in [0.25, 0.3) is 0 Å². The number of hydrogen-bond donors (Lipinski definition) is 4. The standard InChI is InChI=1S/C19H24N2O2/c1-2-9-10-7-13-16-19(11-5-3-4-6-12(11)20-16)8-14(15(10)17(19)22)21(13)18(9)23/h3-6,9-10,13-18,20,22-23H,2,7-8H2,1H3/p+1/t9-,10-,13-,14?,15+,16-,17+,18+,19+/m0/s1. The van der Waals surface area contributed by atoms with Crippen LogP contribution in [0.4, 0.5) is 5.69 Å². The van der Waals surface area contributed by atoms with Crippen molar-refractivity contribution in [2.24, 2.45) is 17.8 Å². The molecule has 4 N–H and O–H groups in total. The number of rotatable bonds is 1. The van der Waals surface area contributed by atoms with Gasteiger partial charge in [-0.05, 0) is 24.0 Å². The van der Waals surface area contributed by atoms with Crippen molar-refractivity contribution >= 4 is 5.69 Å². The Kier molecular flexibility index (Phi) is 2.26. The molecule has 23 heavy (non-hydrogen) atoms. The van der Waals surface area contributed by atoms with Crippen LogP contribution in [-0.4, -0.2) is 40.7 Å². The van der Waals surface area contributed by atoms with Crippen molar-refractivity contribution in [2.75, 3.05) is 5.32 Å². The van der Waals surface area contributed by atoms with Crippen molar-refractivity contribution in [1.82, 2.24) is 0 Å². The minimum atomic E-state index is -0.261. The Morgan fingerprint density at radius 3 is 2.91 bits per heavy atom. The van der Waals surface area contributed by atoms with E-state index in [1.807, 2.05) is 0 Å². The fourth-order valence-electron chi connectivity index (χ4n) is 7.67. The fourth-order valence-corrected chi connectivity index (χ4v) is 7.67. The van der Waals surface area contributed by atoms with Crippen LogP contribution in [0.15, 0.2) is 24.3 Å². The lowest BCUT2D eigenvalue weighted by Gasteiger charge is -2.58. The summed E-state index contributed by atoms with van der Waals surface area (Å²) in [6.45, 7) is 2.20. The highest BCUT2D eigenvalue weighted by molar-refractivity contribution is 5.64. The van der Waals surface area contributed by atoms with Gasteiger partial charge in [-0.2, -0.15) is 0 Å². The maximum atomic E-state index is 11.5. The van der Waals surface area contributed by atoms with Crippen molar-refractivity contribution in [3.63, 3.8) is 0 Å². The van der Waals surface area contributed by atoms with Gasteiger partial charge in [-0.25, -0.2) is 0 Å². The summed E-state index contributed by atoms with van der Waals surface area (Å²) in [5, 5.41) is 26.2. The van der Waals surface area contributed by atoms with Gasteiger partial charge in [0, 0.05) is 30.4 Å². The summed E-state index contributed by atoms with van der Waals surface area (Å²) >= 11 is 0. The van der Waals surface area contributed by atoms with Crippen LogP contribution >= 0.6 is 0 Å². The van der Waals surface area contributed by atoms with Gasteiger partial charge >= 0.3 is 0 Å². The molecule has 5 bridgehead atoms. The predicted molar refractivity (Wildman–Crippen MR) is 86.1 cm³/mol. The van der Waals surface area contributed by atoms with Crippen molar-refractivity contribution in [1.29, 1.82) is 0 Å². The molecule has 0 amide bonds. The summed E-state index contributed by atoms with van der Waals surface area (Å²) in [4.78, 5) is 1.39. The largest absolute Gasteiger partial charge is 0.392 e. The van der Waals surface area contributed by atoms with Gasteiger partial charge in [-0.15, -0.1) is 0 Å². The molecule has 5 fully saturated rings. The summed E-state index contributed by atoms with van der Waals surface area (Å²) in [6, 6.07) is 9.73. The Balaban J connectivity index is 1.57. The van der Waals surface area contributed by atoms with E-state index in [4.69, 9.17) is 0 Å². The first kappa shape index (κ1) is 13.2. The molecule has 1 aliphatic carbocycles. The highest BCUT2D eigenvalue weighted by Crippen LogP contribution is 2.62. The molecule has 4 nitrogen and oxygen atoms in total. The van der Waals surface area contributed by atoms with E-state index >= 15 is 0 Å². The average molecular weight is 313 g/mol. The van der Waals surface area contributed by atoms with Gasteiger partial charge < -0.3 is 20.4 Å². The minimum Gasteiger partial charge on any atom is -0.392 e. The lowest BCUT2D eigenvalue weighted by atomic mass is 9.63. The molecular formula is C19H25N2O2+. The molecule has 0 radical (unpaired) electrons. The zero-order chi connectivity index (χ0) is 15.5. The Morgan fingerprint density at radius 2 is 2.09 bits per heavy atom. The smallest absolute Gasteiger partial charge is 0.192 e. The molecule has 6 aliphatic rings. The Hall–Kier alpha value is -1.10. The SMILES string of the molecule is CC[C@H]1[C@@H]2C[C@H]3[C@@H]4Nc5ccccc5[C@]45CC([C@@H]2[C@H]5O)[NH+]3[C@@H]1O. The molecule has 122 valence electrons.